The van der Waals surface area contributed by atoms with Crippen LogP contribution in [0.2, 0.25) is 0 Å². The molecule has 112 valence electrons. The van der Waals surface area contributed by atoms with Gasteiger partial charge in [-0.05, 0) is 25.1 Å². The van der Waals surface area contributed by atoms with Gasteiger partial charge in [-0.25, -0.2) is 14.2 Å². The number of hydrogen-bond acceptors (Lipinski definition) is 4. The van der Waals surface area contributed by atoms with Crippen molar-refractivity contribution in [3.63, 3.8) is 0 Å². The lowest BCUT2D eigenvalue weighted by Crippen LogP contribution is -2.08. The van der Waals surface area contributed by atoms with Crippen LogP contribution in [0.15, 0.2) is 18.2 Å². The summed E-state index contributed by atoms with van der Waals surface area (Å²) in [6, 6.07) is 2.32. The van der Waals surface area contributed by atoms with Gasteiger partial charge in [-0.15, -0.1) is 11.3 Å². The molecule has 2 aromatic rings. The molecule has 0 N–H and O–H groups in total. The van der Waals surface area contributed by atoms with E-state index in [4.69, 9.17) is 0 Å². The molecule has 21 heavy (non-hydrogen) atoms. The lowest BCUT2D eigenvalue weighted by molar-refractivity contribution is -0.137. The van der Waals surface area contributed by atoms with Crippen LogP contribution in [0.4, 0.5) is 17.6 Å². The number of hydrogen-bond donors (Lipinski definition) is 0. The molecule has 0 bridgehead atoms. The summed E-state index contributed by atoms with van der Waals surface area (Å²) in [5.41, 5.74) is -1.45. The van der Waals surface area contributed by atoms with Gasteiger partial charge in [0.2, 0.25) is 0 Å². The van der Waals surface area contributed by atoms with Crippen LogP contribution in [-0.4, -0.2) is 18.1 Å². The maximum absolute atomic E-state index is 13.1. The summed E-state index contributed by atoms with van der Waals surface area (Å²) in [7, 11) is 1.15. The zero-order valence-corrected chi connectivity index (χ0v) is 11.7. The van der Waals surface area contributed by atoms with E-state index in [1.54, 1.807) is 6.92 Å². The Morgan fingerprint density at radius 3 is 2.57 bits per heavy atom. The van der Waals surface area contributed by atoms with E-state index in [9.17, 15) is 22.4 Å². The number of ether oxygens (including phenoxy) is 1. The molecular weight excluding hydrogens is 310 g/mol. The predicted molar refractivity (Wildman–Crippen MR) is 68.6 cm³/mol. The summed E-state index contributed by atoms with van der Waals surface area (Å²) in [5.74, 6) is -1.72. The zero-order chi connectivity index (χ0) is 15.8. The Bertz CT molecular complexity index is 694. The number of carbonyl (C=O) groups is 1. The average molecular weight is 319 g/mol. The molecule has 1 aromatic heterocycles. The van der Waals surface area contributed by atoms with Gasteiger partial charge in [0.1, 0.15) is 10.8 Å². The summed E-state index contributed by atoms with van der Waals surface area (Å²) in [6.45, 7) is 1.55. The van der Waals surface area contributed by atoms with Crippen molar-refractivity contribution in [2.24, 2.45) is 0 Å². The van der Waals surface area contributed by atoms with Crippen LogP contribution in [0.25, 0.3) is 10.6 Å². The van der Waals surface area contributed by atoms with Crippen LogP contribution in [0.5, 0.6) is 0 Å². The van der Waals surface area contributed by atoms with Crippen molar-refractivity contribution in [1.29, 1.82) is 0 Å². The number of nitrogens with zero attached hydrogens (tertiary/aromatic N) is 1. The van der Waals surface area contributed by atoms with Crippen molar-refractivity contribution in [3.8, 4) is 10.6 Å². The number of thiazole rings is 1. The highest BCUT2D eigenvalue weighted by molar-refractivity contribution is 7.15. The second-order valence-electron chi connectivity index (χ2n) is 4.10. The zero-order valence-electron chi connectivity index (χ0n) is 10.9. The topological polar surface area (TPSA) is 39.2 Å². The monoisotopic (exact) mass is 319 g/mol. The van der Waals surface area contributed by atoms with E-state index < -0.39 is 23.5 Å². The summed E-state index contributed by atoms with van der Waals surface area (Å²) in [4.78, 5) is 15.8. The molecule has 0 radical (unpaired) electrons. The standard InChI is InChI=1S/C13H9F4NO2S/c1-6-10(12(19)20-2)18-11(21-6)8-4-3-7(14)5-9(8)13(15,16)17/h3-5H,1-2H3. The first kappa shape index (κ1) is 15.4. The molecule has 3 nitrogen and oxygen atoms in total. The molecule has 1 heterocycles. The highest BCUT2D eigenvalue weighted by Crippen LogP contribution is 2.39. The van der Waals surface area contributed by atoms with Crippen LogP contribution in [-0.2, 0) is 10.9 Å². The van der Waals surface area contributed by atoms with E-state index in [0.29, 0.717) is 10.9 Å². The Hall–Kier alpha value is -1.96. The average Bonchev–Trinajstić information content (AvgIpc) is 2.78. The lowest BCUT2D eigenvalue weighted by atomic mass is 10.1. The molecule has 1 aromatic carbocycles. The van der Waals surface area contributed by atoms with Gasteiger partial charge in [0.15, 0.2) is 5.69 Å². The second-order valence-corrected chi connectivity index (χ2v) is 5.31. The van der Waals surface area contributed by atoms with E-state index in [2.05, 4.69) is 9.72 Å². The summed E-state index contributed by atoms with van der Waals surface area (Å²) < 4.78 is 56.5. The third-order valence-electron chi connectivity index (χ3n) is 2.69. The van der Waals surface area contributed by atoms with Crippen molar-refractivity contribution in [2.45, 2.75) is 13.1 Å². The van der Waals surface area contributed by atoms with Gasteiger partial charge >= 0.3 is 12.1 Å². The third kappa shape index (κ3) is 3.05. The van der Waals surface area contributed by atoms with Crippen LogP contribution in [0.3, 0.4) is 0 Å². The van der Waals surface area contributed by atoms with Gasteiger partial charge in [-0.1, -0.05) is 0 Å². The molecule has 0 aliphatic rings. The largest absolute Gasteiger partial charge is 0.464 e. The molecule has 8 heteroatoms. The molecule has 0 fully saturated rings. The number of carbonyl (C=O) groups excluding carboxylic acids is 1. The number of halogens is 4. The van der Waals surface area contributed by atoms with Crippen molar-refractivity contribution in [3.05, 3.63) is 40.2 Å². The number of aromatic nitrogens is 1. The molecule has 0 aliphatic heterocycles. The third-order valence-corrected chi connectivity index (χ3v) is 3.70. The van der Waals surface area contributed by atoms with Crippen molar-refractivity contribution in [2.75, 3.05) is 7.11 Å². The molecule has 0 spiro atoms. The van der Waals surface area contributed by atoms with Gasteiger partial charge < -0.3 is 4.74 Å². The van der Waals surface area contributed by atoms with Crippen LogP contribution < -0.4 is 0 Å². The number of esters is 1. The van der Waals surface area contributed by atoms with E-state index >= 15 is 0 Å². The summed E-state index contributed by atoms with van der Waals surface area (Å²) >= 11 is 0.913. The van der Waals surface area contributed by atoms with E-state index in [1.807, 2.05) is 0 Å². The molecule has 0 saturated heterocycles. The van der Waals surface area contributed by atoms with Crippen LogP contribution >= 0.6 is 11.3 Å². The number of benzene rings is 1. The molecule has 0 unspecified atom stereocenters. The van der Waals surface area contributed by atoms with Crippen molar-refractivity contribution in [1.82, 2.24) is 4.98 Å². The fourth-order valence-corrected chi connectivity index (χ4v) is 2.68. The Kier molecular flexibility index (Phi) is 3.99. The quantitative estimate of drug-likeness (QED) is 0.619. The minimum absolute atomic E-state index is 0.0137. The first-order valence-electron chi connectivity index (χ1n) is 5.67. The van der Waals surface area contributed by atoms with Gasteiger partial charge in [0.25, 0.3) is 0 Å². The Morgan fingerprint density at radius 1 is 1.33 bits per heavy atom. The van der Waals surface area contributed by atoms with E-state index in [1.165, 1.54) is 0 Å². The number of aryl methyl sites for hydroxylation is 1. The summed E-state index contributed by atoms with van der Waals surface area (Å²) in [6.07, 6.45) is -4.72. The maximum Gasteiger partial charge on any atom is 0.417 e. The number of rotatable bonds is 2. The summed E-state index contributed by atoms with van der Waals surface area (Å²) in [5, 5.41) is -0.0137. The maximum atomic E-state index is 13.1. The van der Waals surface area contributed by atoms with Crippen LogP contribution in [0.1, 0.15) is 20.9 Å². The van der Waals surface area contributed by atoms with Gasteiger partial charge in [0.05, 0.1) is 12.7 Å². The number of methoxy groups -OCH3 is 1. The predicted octanol–water partition coefficient (Wildman–Crippen LogP) is 4.06. The highest BCUT2D eigenvalue weighted by Gasteiger charge is 2.35. The Labute approximate surface area is 121 Å². The molecular formula is C13H9F4NO2S. The first-order chi connectivity index (χ1) is 9.74. The molecule has 0 atom stereocenters. The SMILES string of the molecule is COC(=O)c1nc(-c2ccc(F)cc2C(F)(F)F)sc1C. The fourth-order valence-electron chi connectivity index (χ4n) is 1.74. The van der Waals surface area contributed by atoms with Gasteiger partial charge in [0, 0.05) is 10.4 Å². The molecule has 2 rings (SSSR count). The highest BCUT2D eigenvalue weighted by atomic mass is 32.1. The smallest absolute Gasteiger partial charge is 0.417 e. The van der Waals surface area contributed by atoms with Crippen LogP contribution in [0, 0.1) is 12.7 Å². The number of alkyl halides is 3. The Balaban J connectivity index is 2.60. The molecule has 0 aliphatic carbocycles. The van der Waals surface area contributed by atoms with Gasteiger partial charge in [-0.2, -0.15) is 13.2 Å². The van der Waals surface area contributed by atoms with Crippen molar-refractivity contribution >= 4 is 17.3 Å². The molecule has 0 amide bonds. The van der Waals surface area contributed by atoms with Crippen molar-refractivity contribution < 1.29 is 27.1 Å². The minimum Gasteiger partial charge on any atom is -0.464 e. The van der Waals surface area contributed by atoms with E-state index in [0.717, 1.165) is 30.6 Å². The first-order valence-corrected chi connectivity index (χ1v) is 6.48. The Morgan fingerprint density at radius 2 is 2.00 bits per heavy atom. The second kappa shape index (κ2) is 5.44. The minimum atomic E-state index is -4.72. The normalized spacial score (nSPS) is 11.5. The fraction of sp³-hybridized carbons (Fsp3) is 0.231. The van der Waals surface area contributed by atoms with Gasteiger partial charge in [-0.3, -0.25) is 0 Å². The molecule has 0 saturated carbocycles. The lowest BCUT2D eigenvalue weighted by Gasteiger charge is -2.10. The van der Waals surface area contributed by atoms with E-state index in [-0.39, 0.29) is 16.3 Å².